The van der Waals surface area contributed by atoms with Crippen LogP contribution in [0.5, 0.6) is 0 Å². The monoisotopic (exact) mass is 311 g/mol. The van der Waals surface area contributed by atoms with E-state index >= 15 is 0 Å². The Morgan fingerprint density at radius 2 is 2.05 bits per heavy atom. The van der Waals surface area contributed by atoms with E-state index in [4.69, 9.17) is 5.84 Å². The van der Waals surface area contributed by atoms with Crippen molar-refractivity contribution in [2.75, 3.05) is 47.4 Å². The number of nitrogens with two attached hydrogens (primary N) is 1. The number of anilines is 3. The number of aromatic nitrogens is 3. The molecule has 1 fully saturated rings. The Labute approximate surface area is 130 Å². The number of hydrogen-bond donors (Lipinski definition) is 2. The topological polar surface area (TPSA) is 83.2 Å². The smallest absolute Gasteiger partial charge is 0.243 e. The zero-order valence-corrected chi connectivity index (χ0v) is 13.9. The number of hydrogen-bond acceptors (Lipinski definition) is 8. The van der Waals surface area contributed by atoms with Crippen LogP contribution in [0.1, 0.15) is 26.2 Å². The summed E-state index contributed by atoms with van der Waals surface area (Å²) in [5, 5.41) is 0. The molecule has 2 heterocycles. The number of hydrazine groups is 1. The minimum absolute atomic E-state index is 0.402. The van der Waals surface area contributed by atoms with E-state index in [1.807, 2.05) is 18.8 Å². The normalized spacial score (nSPS) is 16.1. The molecule has 8 heteroatoms. The van der Waals surface area contributed by atoms with Gasteiger partial charge in [0.1, 0.15) is 0 Å². The van der Waals surface area contributed by atoms with Crippen LogP contribution >= 0.6 is 11.8 Å². The maximum Gasteiger partial charge on any atom is 0.243 e. The Balaban J connectivity index is 2.26. The lowest BCUT2D eigenvalue weighted by Gasteiger charge is -2.27. The van der Waals surface area contributed by atoms with Crippen LogP contribution in [0.15, 0.2) is 0 Å². The SMILES string of the molecule is CCC(CSC)N(C)c1nc(NN)nc(N2CCCC2)n1. The van der Waals surface area contributed by atoms with Crippen LogP contribution in [0.3, 0.4) is 0 Å². The Bertz CT molecular complexity index is 450. The fraction of sp³-hybridized carbons (Fsp3) is 0.769. The van der Waals surface area contributed by atoms with Gasteiger partial charge in [0.2, 0.25) is 17.8 Å². The van der Waals surface area contributed by atoms with Crippen molar-refractivity contribution in [1.29, 1.82) is 0 Å². The summed E-state index contributed by atoms with van der Waals surface area (Å²) in [6, 6.07) is 0.402. The van der Waals surface area contributed by atoms with E-state index in [1.54, 1.807) is 0 Å². The molecule has 1 aromatic rings. The van der Waals surface area contributed by atoms with Crippen LogP contribution in [-0.4, -0.2) is 53.1 Å². The van der Waals surface area contributed by atoms with Crippen LogP contribution in [0.25, 0.3) is 0 Å². The largest absolute Gasteiger partial charge is 0.341 e. The molecule has 0 aliphatic carbocycles. The lowest BCUT2D eigenvalue weighted by atomic mass is 10.2. The average Bonchev–Trinajstić information content (AvgIpc) is 3.05. The summed E-state index contributed by atoms with van der Waals surface area (Å²) >= 11 is 1.83. The molecule has 1 atom stereocenters. The summed E-state index contributed by atoms with van der Waals surface area (Å²) in [7, 11) is 2.04. The molecular formula is C13H25N7S. The first kappa shape index (κ1) is 16.1. The molecule has 118 valence electrons. The summed E-state index contributed by atoms with van der Waals surface area (Å²) in [5.74, 6) is 8.38. The average molecular weight is 311 g/mol. The molecule has 1 saturated heterocycles. The Morgan fingerprint density at radius 3 is 2.62 bits per heavy atom. The second-order valence-corrected chi connectivity index (χ2v) is 6.14. The summed E-state index contributed by atoms with van der Waals surface area (Å²) in [6.07, 6.45) is 5.54. The first-order chi connectivity index (χ1) is 10.2. The minimum Gasteiger partial charge on any atom is -0.341 e. The van der Waals surface area contributed by atoms with Crippen LogP contribution in [0.4, 0.5) is 17.8 Å². The number of rotatable bonds is 7. The fourth-order valence-electron chi connectivity index (χ4n) is 2.49. The van der Waals surface area contributed by atoms with Gasteiger partial charge in [-0.1, -0.05) is 6.92 Å². The molecule has 0 saturated carbocycles. The first-order valence-electron chi connectivity index (χ1n) is 7.39. The van der Waals surface area contributed by atoms with E-state index in [0.717, 1.165) is 31.2 Å². The number of nitrogens with zero attached hydrogens (tertiary/aromatic N) is 5. The predicted molar refractivity (Wildman–Crippen MR) is 89.9 cm³/mol. The Hall–Kier alpha value is -1.28. The molecule has 0 radical (unpaired) electrons. The van der Waals surface area contributed by atoms with Crippen LogP contribution < -0.4 is 21.1 Å². The highest BCUT2D eigenvalue weighted by Crippen LogP contribution is 2.21. The second kappa shape index (κ2) is 7.65. The number of nitrogens with one attached hydrogen (secondary N) is 1. The molecule has 21 heavy (non-hydrogen) atoms. The highest BCUT2D eigenvalue weighted by Gasteiger charge is 2.21. The fourth-order valence-corrected chi connectivity index (χ4v) is 3.34. The van der Waals surface area contributed by atoms with Crippen molar-refractivity contribution >= 4 is 29.6 Å². The van der Waals surface area contributed by atoms with E-state index in [9.17, 15) is 0 Å². The summed E-state index contributed by atoms with van der Waals surface area (Å²) < 4.78 is 0. The maximum absolute atomic E-state index is 5.51. The molecule has 0 amide bonds. The molecule has 0 spiro atoms. The molecule has 0 bridgehead atoms. The zero-order valence-electron chi connectivity index (χ0n) is 13.0. The molecular weight excluding hydrogens is 286 g/mol. The quantitative estimate of drug-likeness (QED) is 0.576. The predicted octanol–water partition coefficient (Wildman–Crippen LogP) is 1.34. The van der Waals surface area contributed by atoms with Gasteiger partial charge < -0.3 is 9.80 Å². The minimum atomic E-state index is 0.402. The Morgan fingerprint density at radius 1 is 1.33 bits per heavy atom. The molecule has 1 aliphatic rings. The number of thioether (sulfide) groups is 1. The van der Waals surface area contributed by atoms with Gasteiger partial charge in [0.25, 0.3) is 0 Å². The van der Waals surface area contributed by atoms with Crippen molar-refractivity contribution in [2.24, 2.45) is 5.84 Å². The van der Waals surface area contributed by atoms with Crippen molar-refractivity contribution in [3.8, 4) is 0 Å². The highest BCUT2D eigenvalue weighted by atomic mass is 32.2. The lowest BCUT2D eigenvalue weighted by Crippen LogP contribution is -2.35. The third-order valence-corrected chi connectivity index (χ3v) is 4.54. The van der Waals surface area contributed by atoms with E-state index in [2.05, 4.69) is 43.4 Å². The molecule has 7 nitrogen and oxygen atoms in total. The van der Waals surface area contributed by atoms with Gasteiger partial charge in [-0.2, -0.15) is 26.7 Å². The van der Waals surface area contributed by atoms with Crippen LogP contribution in [0.2, 0.25) is 0 Å². The summed E-state index contributed by atoms with van der Waals surface area (Å²) in [5.41, 5.74) is 2.55. The zero-order chi connectivity index (χ0) is 15.2. The van der Waals surface area contributed by atoms with Gasteiger partial charge in [0, 0.05) is 31.9 Å². The van der Waals surface area contributed by atoms with Crippen LogP contribution in [0, 0.1) is 0 Å². The molecule has 1 unspecified atom stereocenters. The van der Waals surface area contributed by atoms with Gasteiger partial charge in [0.15, 0.2) is 0 Å². The Kier molecular flexibility index (Phi) is 5.86. The molecule has 1 aromatic heterocycles. The van der Waals surface area contributed by atoms with Gasteiger partial charge in [-0.25, -0.2) is 5.84 Å². The van der Waals surface area contributed by atoms with Gasteiger partial charge >= 0.3 is 0 Å². The number of nitrogen functional groups attached to an aromatic ring is 1. The van der Waals surface area contributed by atoms with Crippen LogP contribution in [-0.2, 0) is 0 Å². The van der Waals surface area contributed by atoms with E-state index in [1.165, 1.54) is 12.8 Å². The summed E-state index contributed by atoms with van der Waals surface area (Å²) in [4.78, 5) is 17.7. The highest BCUT2D eigenvalue weighted by molar-refractivity contribution is 7.98. The third-order valence-electron chi connectivity index (χ3n) is 3.82. The van der Waals surface area contributed by atoms with Crippen molar-refractivity contribution in [1.82, 2.24) is 15.0 Å². The van der Waals surface area contributed by atoms with Crippen molar-refractivity contribution in [3.05, 3.63) is 0 Å². The van der Waals surface area contributed by atoms with Gasteiger partial charge in [-0.3, -0.25) is 5.43 Å². The lowest BCUT2D eigenvalue weighted by molar-refractivity contribution is 0.654. The van der Waals surface area contributed by atoms with Crippen molar-refractivity contribution in [2.45, 2.75) is 32.2 Å². The molecule has 0 aromatic carbocycles. The van der Waals surface area contributed by atoms with Crippen molar-refractivity contribution < 1.29 is 0 Å². The first-order valence-corrected chi connectivity index (χ1v) is 8.78. The van der Waals surface area contributed by atoms with Gasteiger partial charge in [-0.15, -0.1) is 0 Å². The third kappa shape index (κ3) is 3.88. The van der Waals surface area contributed by atoms with E-state index < -0.39 is 0 Å². The maximum atomic E-state index is 5.51. The van der Waals surface area contributed by atoms with E-state index in [0.29, 0.717) is 17.9 Å². The van der Waals surface area contributed by atoms with Gasteiger partial charge in [-0.05, 0) is 25.5 Å². The summed E-state index contributed by atoms with van der Waals surface area (Å²) in [6.45, 7) is 4.18. The molecule has 3 N–H and O–H groups in total. The van der Waals surface area contributed by atoms with Gasteiger partial charge in [0.05, 0.1) is 0 Å². The second-order valence-electron chi connectivity index (χ2n) is 5.23. The molecule has 2 rings (SSSR count). The molecule has 1 aliphatic heterocycles. The van der Waals surface area contributed by atoms with E-state index in [-0.39, 0.29) is 0 Å². The standard InChI is InChI=1S/C13H25N7S/c1-4-10(9-21-3)19(2)12-15-11(18-14)16-13(17-12)20-7-5-6-8-20/h10H,4-9,14H2,1-3H3,(H,15,16,17,18). The van der Waals surface area contributed by atoms with Crippen molar-refractivity contribution in [3.63, 3.8) is 0 Å².